The smallest absolute Gasteiger partial charge is 0.321 e. The van der Waals surface area contributed by atoms with Gasteiger partial charge in [-0.05, 0) is 6.07 Å². The van der Waals surface area contributed by atoms with E-state index in [4.69, 9.17) is 5.11 Å². The van der Waals surface area contributed by atoms with Gasteiger partial charge in [0.05, 0.1) is 7.11 Å². The summed E-state index contributed by atoms with van der Waals surface area (Å²) in [5.41, 5.74) is 0.360. The third kappa shape index (κ3) is 4.53. The second-order valence-corrected chi connectivity index (χ2v) is 5.81. The monoisotopic (exact) mass is 312 g/mol. The topological polar surface area (TPSA) is 96.8 Å². The third-order valence-electron chi connectivity index (χ3n) is 2.55. The number of likely N-dealkylation sites (N-methyl/N-ethyl adjacent to an activating group) is 1. The van der Waals surface area contributed by atoms with Crippen molar-refractivity contribution in [3.05, 3.63) is 24.0 Å². The maximum atomic E-state index is 12.4. The fourth-order valence-corrected chi connectivity index (χ4v) is 2.88. The van der Waals surface area contributed by atoms with Gasteiger partial charge in [0.2, 0.25) is 10.0 Å². The minimum absolute atomic E-state index is 0.0713. The molecule has 0 radical (unpaired) electrons. The first-order chi connectivity index (χ1) is 9.95. The summed E-state index contributed by atoms with van der Waals surface area (Å²) in [6, 6.07) is 1.34. The van der Waals surface area contributed by atoms with Crippen LogP contribution in [-0.4, -0.2) is 55.6 Å². The molecular formula is C13H16N2O5S. The Morgan fingerprint density at radius 2 is 2.19 bits per heavy atom. The lowest BCUT2D eigenvalue weighted by atomic mass is 10.3. The molecule has 1 heterocycles. The van der Waals surface area contributed by atoms with E-state index in [2.05, 4.69) is 21.6 Å². The van der Waals surface area contributed by atoms with Crippen LogP contribution in [0.15, 0.2) is 23.4 Å². The third-order valence-corrected chi connectivity index (χ3v) is 4.43. The van der Waals surface area contributed by atoms with E-state index in [-0.39, 0.29) is 24.6 Å². The summed E-state index contributed by atoms with van der Waals surface area (Å²) in [5, 5.41) is 8.64. The first-order valence-electron chi connectivity index (χ1n) is 6.07. The van der Waals surface area contributed by atoms with E-state index >= 15 is 0 Å². The Morgan fingerprint density at radius 1 is 1.48 bits per heavy atom. The molecule has 0 aliphatic carbocycles. The molecule has 0 bridgehead atoms. The molecule has 0 fully saturated rings. The molecule has 8 heteroatoms. The SMILES string of the molecule is CCN(CC(=O)OC)S(=O)(=O)c1cncc(C#CCO)c1. The number of pyridine rings is 1. The first kappa shape index (κ1) is 17.1. The molecular weight excluding hydrogens is 296 g/mol. The van der Waals surface area contributed by atoms with E-state index in [1.54, 1.807) is 6.92 Å². The van der Waals surface area contributed by atoms with Gasteiger partial charge in [-0.15, -0.1) is 0 Å². The number of aliphatic hydroxyl groups is 1. The zero-order valence-electron chi connectivity index (χ0n) is 11.7. The number of hydrogen-bond acceptors (Lipinski definition) is 6. The van der Waals surface area contributed by atoms with Crippen molar-refractivity contribution >= 4 is 16.0 Å². The van der Waals surface area contributed by atoms with Crippen LogP contribution in [0.1, 0.15) is 12.5 Å². The van der Waals surface area contributed by atoms with Crippen LogP contribution >= 0.6 is 0 Å². The number of esters is 1. The number of aliphatic hydroxyl groups excluding tert-OH is 1. The van der Waals surface area contributed by atoms with E-state index in [1.165, 1.54) is 25.6 Å². The van der Waals surface area contributed by atoms with E-state index in [1.807, 2.05) is 0 Å². The normalized spacial score (nSPS) is 10.9. The summed E-state index contributed by atoms with van der Waals surface area (Å²) in [6.07, 6.45) is 2.57. The molecule has 0 amide bonds. The summed E-state index contributed by atoms with van der Waals surface area (Å²) in [4.78, 5) is 15.0. The molecule has 0 aromatic carbocycles. The number of ether oxygens (including phenoxy) is 1. The van der Waals surface area contributed by atoms with Crippen LogP contribution in [0.2, 0.25) is 0 Å². The lowest BCUT2D eigenvalue weighted by Gasteiger charge is -2.18. The number of carbonyl (C=O) groups is 1. The number of nitrogens with zero attached hydrogens (tertiary/aromatic N) is 2. The van der Waals surface area contributed by atoms with Crippen LogP contribution in [0, 0.1) is 11.8 Å². The molecule has 1 N–H and O–H groups in total. The van der Waals surface area contributed by atoms with Crippen molar-refractivity contribution in [3.8, 4) is 11.8 Å². The molecule has 0 aliphatic rings. The van der Waals surface area contributed by atoms with Crippen molar-refractivity contribution in [2.75, 3.05) is 26.8 Å². The summed E-state index contributed by atoms with van der Waals surface area (Å²) >= 11 is 0. The summed E-state index contributed by atoms with van der Waals surface area (Å²) in [7, 11) is -2.67. The standard InChI is InChI=1S/C13H16N2O5S/c1-3-15(10-13(17)20-2)21(18,19)12-7-11(5-4-6-16)8-14-9-12/h7-9,16H,3,6,10H2,1-2H3. The van der Waals surface area contributed by atoms with Crippen molar-refractivity contribution in [1.29, 1.82) is 0 Å². The molecule has 7 nitrogen and oxygen atoms in total. The molecule has 1 rings (SSSR count). The van der Waals surface area contributed by atoms with Gasteiger partial charge < -0.3 is 9.84 Å². The van der Waals surface area contributed by atoms with Gasteiger partial charge in [0.25, 0.3) is 0 Å². The number of methoxy groups -OCH3 is 1. The fourth-order valence-electron chi connectivity index (χ4n) is 1.49. The van der Waals surface area contributed by atoms with Gasteiger partial charge in [0.15, 0.2) is 0 Å². The Labute approximate surface area is 123 Å². The van der Waals surface area contributed by atoms with Crippen molar-refractivity contribution in [2.45, 2.75) is 11.8 Å². The summed E-state index contributed by atoms with van der Waals surface area (Å²) in [5.74, 6) is 4.34. The Morgan fingerprint density at radius 3 is 2.76 bits per heavy atom. The van der Waals surface area contributed by atoms with Crippen molar-refractivity contribution in [2.24, 2.45) is 0 Å². The molecule has 114 valence electrons. The van der Waals surface area contributed by atoms with Gasteiger partial charge in [0, 0.05) is 24.5 Å². The second kappa shape index (κ2) is 7.73. The van der Waals surface area contributed by atoms with Crippen LogP contribution in [0.25, 0.3) is 0 Å². The maximum Gasteiger partial charge on any atom is 0.321 e. The lowest BCUT2D eigenvalue weighted by Crippen LogP contribution is -2.36. The molecule has 21 heavy (non-hydrogen) atoms. The molecule has 0 saturated carbocycles. The fraction of sp³-hybridized carbons (Fsp3) is 0.385. The summed E-state index contributed by atoms with van der Waals surface area (Å²) in [6.45, 7) is 1.02. The number of rotatable bonds is 5. The predicted octanol–water partition coefficient (Wildman–Crippen LogP) is -0.391. The van der Waals surface area contributed by atoms with Crippen LogP contribution in [-0.2, 0) is 19.6 Å². The quantitative estimate of drug-likeness (QED) is 0.587. The Balaban J connectivity index is 3.13. The molecule has 0 atom stereocenters. The average molecular weight is 312 g/mol. The lowest BCUT2D eigenvalue weighted by molar-refractivity contribution is -0.140. The second-order valence-electron chi connectivity index (χ2n) is 3.88. The van der Waals surface area contributed by atoms with E-state index in [0.29, 0.717) is 5.56 Å². The highest BCUT2D eigenvalue weighted by Crippen LogP contribution is 2.15. The van der Waals surface area contributed by atoms with Crippen molar-refractivity contribution in [3.63, 3.8) is 0 Å². The van der Waals surface area contributed by atoms with Crippen LogP contribution in [0.3, 0.4) is 0 Å². The number of sulfonamides is 1. The molecule has 0 unspecified atom stereocenters. The summed E-state index contributed by atoms with van der Waals surface area (Å²) < 4.78 is 30.3. The van der Waals surface area contributed by atoms with Gasteiger partial charge >= 0.3 is 5.97 Å². The highest BCUT2D eigenvalue weighted by molar-refractivity contribution is 7.89. The van der Waals surface area contributed by atoms with E-state index in [0.717, 1.165) is 4.31 Å². The van der Waals surface area contributed by atoms with E-state index in [9.17, 15) is 13.2 Å². The Kier molecular flexibility index (Phi) is 6.30. The van der Waals surface area contributed by atoms with Gasteiger partial charge in [-0.25, -0.2) is 8.42 Å². The number of aromatic nitrogens is 1. The highest BCUT2D eigenvalue weighted by atomic mass is 32.2. The highest BCUT2D eigenvalue weighted by Gasteiger charge is 2.26. The zero-order chi connectivity index (χ0) is 15.9. The van der Waals surface area contributed by atoms with E-state index < -0.39 is 16.0 Å². The van der Waals surface area contributed by atoms with Gasteiger partial charge in [-0.1, -0.05) is 18.8 Å². The Bertz CT molecular complexity index is 661. The number of carbonyl (C=O) groups excluding carboxylic acids is 1. The minimum Gasteiger partial charge on any atom is -0.468 e. The van der Waals surface area contributed by atoms with Crippen molar-refractivity contribution < 1.29 is 23.1 Å². The van der Waals surface area contributed by atoms with Gasteiger partial charge in [-0.2, -0.15) is 4.31 Å². The molecule has 0 aliphatic heterocycles. The first-order valence-corrected chi connectivity index (χ1v) is 7.51. The van der Waals surface area contributed by atoms with Crippen molar-refractivity contribution in [1.82, 2.24) is 9.29 Å². The molecule has 1 aromatic rings. The average Bonchev–Trinajstić information content (AvgIpc) is 2.50. The minimum atomic E-state index is -3.86. The molecule has 0 saturated heterocycles. The maximum absolute atomic E-state index is 12.4. The zero-order valence-corrected chi connectivity index (χ0v) is 12.6. The molecule has 0 spiro atoms. The van der Waals surface area contributed by atoms with Gasteiger partial charge in [-0.3, -0.25) is 9.78 Å². The van der Waals surface area contributed by atoms with Gasteiger partial charge in [0.1, 0.15) is 18.0 Å². The Hall–Kier alpha value is -1.95. The van der Waals surface area contributed by atoms with Crippen LogP contribution in [0.4, 0.5) is 0 Å². The van der Waals surface area contributed by atoms with Crippen LogP contribution < -0.4 is 0 Å². The largest absolute Gasteiger partial charge is 0.468 e. The van der Waals surface area contributed by atoms with Crippen LogP contribution in [0.5, 0.6) is 0 Å². The number of hydrogen-bond donors (Lipinski definition) is 1. The predicted molar refractivity (Wildman–Crippen MR) is 74.6 cm³/mol. The molecule has 1 aromatic heterocycles.